The molecule has 3 amide bonds. The predicted molar refractivity (Wildman–Crippen MR) is 106 cm³/mol. The average molecular weight is 385 g/mol. The summed E-state index contributed by atoms with van der Waals surface area (Å²) in [5.41, 5.74) is 5.20. The van der Waals surface area contributed by atoms with Crippen molar-refractivity contribution in [3.8, 4) is 0 Å². The molecule has 0 aliphatic rings. The minimum Gasteiger partial charge on any atom is -0.370 e. The molecule has 0 aliphatic carbocycles. The van der Waals surface area contributed by atoms with Gasteiger partial charge in [0.05, 0.1) is 0 Å². The van der Waals surface area contributed by atoms with Crippen LogP contribution in [-0.2, 0) is 14.4 Å². The molecule has 0 saturated heterocycles. The third-order valence-corrected chi connectivity index (χ3v) is 3.71. The van der Waals surface area contributed by atoms with Crippen LogP contribution in [0.15, 0.2) is 0 Å². The normalized spacial score (nSPS) is 13.0. The molecule has 0 aliphatic heterocycles. The van der Waals surface area contributed by atoms with E-state index in [2.05, 4.69) is 21.3 Å². The van der Waals surface area contributed by atoms with Crippen LogP contribution < -0.4 is 27.0 Å². The molecule has 0 aromatic carbocycles. The molecule has 0 radical (unpaired) electrons. The Morgan fingerprint density at radius 3 is 1.78 bits per heavy atom. The molecular formula is C18H36N6O3. The minimum absolute atomic E-state index is 0.111. The van der Waals surface area contributed by atoms with Gasteiger partial charge in [-0.05, 0) is 31.1 Å². The lowest BCUT2D eigenvalue weighted by Gasteiger charge is -2.24. The SMILES string of the molecule is CC(=O)NC(CC(C)C)C(=O)NC(CC(C)C)C(=O)NCCCNC(=N)N. The summed E-state index contributed by atoms with van der Waals surface area (Å²) in [6.07, 6.45) is 1.60. The van der Waals surface area contributed by atoms with Crippen molar-refractivity contribution in [2.75, 3.05) is 13.1 Å². The van der Waals surface area contributed by atoms with E-state index in [1.54, 1.807) is 0 Å². The molecule has 0 bridgehead atoms. The fourth-order valence-electron chi connectivity index (χ4n) is 2.57. The van der Waals surface area contributed by atoms with Crippen LogP contribution in [0.4, 0.5) is 0 Å². The Kier molecular flexibility index (Phi) is 11.8. The first-order valence-corrected chi connectivity index (χ1v) is 9.46. The number of hydrogen-bond acceptors (Lipinski definition) is 4. The van der Waals surface area contributed by atoms with Crippen LogP contribution in [-0.4, -0.2) is 48.9 Å². The second-order valence-corrected chi connectivity index (χ2v) is 7.56. The zero-order chi connectivity index (χ0) is 21.0. The smallest absolute Gasteiger partial charge is 0.243 e. The molecule has 0 saturated carbocycles. The Labute approximate surface area is 162 Å². The summed E-state index contributed by atoms with van der Waals surface area (Å²) in [6.45, 7) is 10.1. The lowest BCUT2D eigenvalue weighted by Crippen LogP contribution is -2.54. The van der Waals surface area contributed by atoms with E-state index in [0.29, 0.717) is 32.4 Å². The topological polar surface area (TPSA) is 149 Å². The number of hydrogen-bond donors (Lipinski definition) is 6. The third kappa shape index (κ3) is 12.6. The molecule has 0 heterocycles. The maximum absolute atomic E-state index is 12.6. The lowest BCUT2D eigenvalue weighted by atomic mass is 10.00. The van der Waals surface area contributed by atoms with Gasteiger partial charge >= 0.3 is 0 Å². The van der Waals surface area contributed by atoms with Gasteiger partial charge in [0.2, 0.25) is 17.7 Å². The fraction of sp³-hybridized carbons (Fsp3) is 0.778. The van der Waals surface area contributed by atoms with Gasteiger partial charge in [-0.15, -0.1) is 0 Å². The summed E-state index contributed by atoms with van der Waals surface area (Å²) >= 11 is 0. The summed E-state index contributed by atoms with van der Waals surface area (Å²) in [7, 11) is 0. The Balaban J connectivity index is 4.80. The molecule has 9 nitrogen and oxygen atoms in total. The van der Waals surface area contributed by atoms with Crippen molar-refractivity contribution in [2.24, 2.45) is 17.6 Å². The standard InChI is InChI=1S/C18H36N6O3/c1-11(2)9-14(16(26)21-7-6-8-22-18(19)20)24-17(27)15(10-12(3)4)23-13(5)25/h11-12,14-15H,6-10H2,1-5H3,(H,21,26)(H,23,25)(H,24,27)(H4,19,20,22). The van der Waals surface area contributed by atoms with E-state index in [1.807, 2.05) is 27.7 Å². The van der Waals surface area contributed by atoms with E-state index in [-0.39, 0.29) is 35.5 Å². The van der Waals surface area contributed by atoms with Crippen LogP contribution in [0.1, 0.15) is 53.9 Å². The van der Waals surface area contributed by atoms with Crippen LogP contribution >= 0.6 is 0 Å². The van der Waals surface area contributed by atoms with Gasteiger partial charge in [0.15, 0.2) is 5.96 Å². The summed E-state index contributed by atoms with van der Waals surface area (Å²) in [5.74, 6) is -0.563. The predicted octanol–water partition coefficient (Wildman–Crippen LogP) is 0.0575. The van der Waals surface area contributed by atoms with Gasteiger partial charge in [0, 0.05) is 20.0 Å². The first kappa shape index (κ1) is 24.7. The van der Waals surface area contributed by atoms with Gasteiger partial charge in [-0.1, -0.05) is 27.7 Å². The first-order chi connectivity index (χ1) is 12.5. The second kappa shape index (κ2) is 12.9. The highest BCUT2D eigenvalue weighted by atomic mass is 16.2. The third-order valence-electron chi connectivity index (χ3n) is 3.71. The van der Waals surface area contributed by atoms with Gasteiger partial charge in [-0.3, -0.25) is 19.8 Å². The highest BCUT2D eigenvalue weighted by Gasteiger charge is 2.27. The molecular weight excluding hydrogens is 348 g/mol. The average Bonchev–Trinajstić information content (AvgIpc) is 2.51. The Morgan fingerprint density at radius 2 is 1.33 bits per heavy atom. The van der Waals surface area contributed by atoms with Crippen LogP contribution in [0, 0.1) is 17.2 Å². The summed E-state index contributed by atoms with van der Waals surface area (Å²) in [6, 6.07) is -1.33. The number of nitrogens with two attached hydrogens (primary N) is 1. The maximum atomic E-state index is 12.6. The van der Waals surface area contributed by atoms with Crippen molar-refractivity contribution in [1.29, 1.82) is 5.41 Å². The van der Waals surface area contributed by atoms with Gasteiger partial charge in [-0.25, -0.2) is 0 Å². The number of carbonyl (C=O) groups excluding carboxylic acids is 3. The van der Waals surface area contributed by atoms with Crippen LogP contribution in [0.25, 0.3) is 0 Å². The summed E-state index contributed by atoms with van der Waals surface area (Å²) in [5, 5.41) is 18.0. The van der Waals surface area contributed by atoms with E-state index in [1.165, 1.54) is 6.92 Å². The molecule has 27 heavy (non-hydrogen) atoms. The highest BCUT2D eigenvalue weighted by molar-refractivity contribution is 5.91. The van der Waals surface area contributed by atoms with Crippen LogP contribution in [0.5, 0.6) is 0 Å². The van der Waals surface area contributed by atoms with E-state index >= 15 is 0 Å². The van der Waals surface area contributed by atoms with Crippen molar-refractivity contribution in [2.45, 2.75) is 66.0 Å². The van der Waals surface area contributed by atoms with E-state index in [0.717, 1.165) is 0 Å². The lowest BCUT2D eigenvalue weighted by molar-refractivity contribution is -0.132. The molecule has 9 heteroatoms. The molecule has 0 aromatic heterocycles. The number of nitrogens with one attached hydrogen (secondary N) is 5. The van der Waals surface area contributed by atoms with Crippen molar-refractivity contribution in [1.82, 2.24) is 21.3 Å². The van der Waals surface area contributed by atoms with E-state index in [4.69, 9.17) is 11.1 Å². The number of carbonyl (C=O) groups is 3. The molecule has 0 aromatic rings. The highest BCUT2D eigenvalue weighted by Crippen LogP contribution is 2.09. The van der Waals surface area contributed by atoms with Crippen LogP contribution in [0.3, 0.4) is 0 Å². The monoisotopic (exact) mass is 384 g/mol. The summed E-state index contributed by atoms with van der Waals surface area (Å²) in [4.78, 5) is 36.5. The number of amides is 3. The van der Waals surface area contributed by atoms with Gasteiger partial charge in [0.1, 0.15) is 12.1 Å². The molecule has 0 spiro atoms. The van der Waals surface area contributed by atoms with Crippen molar-refractivity contribution >= 4 is 23.7 Å². The molecule has 0 fully saturated rings. The molecule has 2 atom stereocenters. The number of guanidine groups is 1. The minimum atomic E-state index is -0.665. The largest absolute Gasteiger partial charge is 0.370 e. The quantitative estimate of drug-likeness (QED) is 0.160. The molecule has 2 unspecified atom stereocenters. The van der Waals surface area contributed by atoms with Crippen molar-refractivity contribution in [3.63, 3.8) is 0 Å². The Morgan fingerprint density at radius 1 is 0.852 bits per heavy atom. The van der Waals surface area contributed by atoms with Gasteiger partial charge < -0.3 is 27.0 Å². The van der Waals surface area contributed by atoms with Crippen molar-refractivity contribution in [3.05, 3.63) is 0 Å². The molecule has 0 rings (SSSR count). The Bertz CT molecular complexity index is 507. The summed E-state index contributed by atoms with van der Waals surface area (Å²) < 4.78 is 0. The second-order valence-electron chi connectivity index (χ2n) is 7.56. The van der Waals surface area contributed by atoms with E-state index in [9.17, 15) is 14.4 Å². The molecule has 7 N–H and O–H groups in total. The zero-order valence-electron chi connectivity index (χ0n) is 17.1. The van der Waals surface area contributed by atoms with Crippen molar-refractivity contribution < 1.29 is 14.4 Å². The first-order valence-electron chi connectivity index (χ1n) is 9.46. The van der Waals surface area contributed by atoms with Gasteiger partial charge in [0.25, 0.3) is 0 Å². The number of rotatable bonds is 12. The maximum Gasteiger partial charge on any atom is 0.243 e. The zero-order valence-corrected chi connectivity index (χ0v) is 17.1. The Hall–Kier alpha value is -2.32. The van der Waals surface area contributed by atoms with Gasteiger partial charge in [-0.2, -0.15) is 0 Å². The van der Waals surface area contributed by atoms with E-state index < -0.39 is 12.1 Å². The fourth-order valence-corrected chi connectivity index (χ4v) is 2.57. The molecule has 156 valence electrons. The van der Waals surface area contributed by atoms with Crippen LogP contribution in [0.2, 0.25) is 0 Å².